The Hall–Kier alpha value is -3.88. The minimum absolute atomic E-state index is 0.0720. The van der Waals surface area contributed by atoms with Crippen molar-refractivity contribution in [3.8, 4) is 0 Å². The molecular formula is C30H23N3O3S2. The van der Waals surface area contributed by atoms with Gasteiger partial charge in [0, 0.05) is 34.4 Å². The predicted octanol–water partition coefficient (Wildman–Crippen LogP) is 4.84. The second-order valence-electron chi connectivity index (χ2n) is 9.72. The van der Waals surface area contributed by atoms with Crippen molar-refractivity contribution in [3.05, 3.63) is 122 Å². The zero-order chi connectivity index (χ0) is 25.8. The van der Waals surface area contributed by atoms with Crippen LogP contribution in [0.2, 0.25) is 0 Å². The molecule has 188 valence electrons. The number of rotatable bonds is 5. The van der Waals surface area contributed by atoms with E-state index in [1.54, 1.807) is 4.57 Å². The molecule has 3 atom stereocenters. The molecule has 0 bridgehead atoms. The largest absolute Gasteiger partial charge is 0.343 e. The number of carbonyl (C=O) groups is 2. The second kappa shape index (κ2) is 9.15. The van der Waals surface area contributed by atoms with Gasteiger partial charge in [0.15, 0.2) is 0 Å². The molecular weight excluding hydrogens is 514 g/mol. The first-order chi connectivity index (χ1) is 18.6. The molecule has 1 fully saturated rings. The summed E-state index contributed by atoms with van der Waals surface area (Å²) in [6.07, 6.45) is 2.11. The number of benzene rings is 3. The van der Waals surface area contributed by atoms with Crippen molar-refractivity contribution in [3.63, 3.8) is 0 Å². The van der Waals surface area contributed by atoms with Crippen LogP contribution in [0, 0.1) is 5.92 Å². The van der Waals surface area contributed by atoms with Crippen LogP contribution < -0.4 is 10.2 Å². The normalized spacial score (nSPS) is 20.4. The number of para-hydroxylation sites is 1. The lowest BCUT2D eigenvalue weighted by atomic mass is 9.83. The minimum atomic E-state index is -0.577. The van der Waals surface area contributed by atoms with E-state index < -0.39 is 11.2 Å². The average Bonchev–Trinajstić information content (AvgIpc) is 3.55. The molecule has 6 nitrogen and oxygen atoms in total. The molecule has 0 unspecified atom stereocenters. The van der Waals surface area contributed by atoms with E-state index in [1.165, 1.54) is 28.7 Å². The Morgan fingerprint density at radius 2 is 1.42 bits per heavy atom. The third kappa shape index (κ3) is 3.75. The zero-order valence-corrected chi connectivity index (χ0v) is 21.9. The van der Waals surface area contributed by atoms with Crippen LogP contribution in [-0.2, 0) is 22.7 Å². The third-order valence-electron chi connectivity index (χ3n) is 7.42. The van der Waals surface area contributed by atoms with Gasteiger partial charge < -0.3 is 4.57 Å². The first kappa shape index (κ1) is 23.3. The Kier molecular flexibility index (Phi) is 5.60. The number of thioether (sulfide) groups is 1. The van der Waals surface area contributed by atoms with Gasteiger partial charge in [-0.25, -0.2) is 0 Å². The number of thiazole rings is 1. The number of aromatic nitrogens is 2. The highest BCUT2D eigenvalue weighted by Crippen LogP contribution is 2.53. The van der Waals surface area contributed by atoms with Crippen LogP contribution in [0.3, 0.4) is 0 Å². The maximum Gasteiger partial charge on any atom is 0.308 e. The van der Waals surface area contributed by atoms with Gasteiger partial charge in [0.25, 0.3) is 0 Å². The zero-order valence-electron chi connectivity index (χ0n) is 20.2. The van der Waals surface area contributed by atoms with Crippen molar-refractivity contribution in [2.24, 2.45) is 5.92 Å². The summed E-state index contributed by atoms with van der Waals surface area (Å²) in [6, 6.07) is 28.3. The van der Waals surface area contributed by atoms with Gasteiger partial charge in [0.05, 0.1) is 17.5 Å². The highest BCUT2D eigenvalue weighted by atomic mass is 32.2. The first-order valence-corrected chi connectivity index (χ1v) is 14.2. The molecule has 2 aromatic heterocycles. The Labute approximate surface area is 226 Å². The standard InChI is InChI=1S/C30H23N3O3S2/c34-27-24-23(21-17-32(15-18-9-3-1-4-10-18)22-14-8-7-13-20(21)22)26-29(37-25(24)28(35)31-27)33(30(36)38-26)16-19-11-5-2-6-12-19/h1-14,17,23-25H,15-16H2,(H,31,34,35)/t23-,24+,25+/m0/s1. The van der Waals surface area contributed by atoms with Crippen LogP contribution in [-0.4, -0.2) is 26.2 Å². The lowest BCUT2D eigenvalue weighted by molar-refractivity contribution is -0.125. The number of nitrogens with zero attached hydrogens (tertiary/aromatic N) is 2. The van der Waals surface area contributed by atoms with Crippen LogP contribution in [0.25, 0.3) is 10.9 Å². The minimum Gasteiger partial charge on any atom is -0.343 e. The molecule has 5 aromatic rings. The Balaban J connectivity index is 1.41. The highest BCUT2D eigenvalue weighted by molar-refractivity contribution is 8.00. The van der Waals surface area contributed by atoms with Gasteiger partial charge in [-0.2, -0.15) is 0 Å². The van der Waals surface area contributed by atoms with E-state index in [9.17, 15) is 14.4 Å². The predicted molar refractivity (Wildman–Crippen MR) is 150 cm³/mol. The van der Waals surface area contributed by atoms with Gasteiger partial charge in [-0.05, 0) is 22.8 Å². The van der Waals surface area contributed by atoms with E-state index in [4.69, 9.17) is 0 Å². The van der Waals surface area contributed by atoms with Crippen LogP contribution in [0.15, 0.2) is 101 Å². The molecule has 2 amide bonds. The van der Waals surface area contributed by atoms with Gasteiger partial charge in [0.2, 0.25) is 11.8 Å². The summed E-state index contributed by atoms with van der Waals surface area (Å²) in [4.78, 5) is 40.3. The van der Waals surface area contributed by atoms with Crippen molar-refractivity contribution in [2.45, 2.75) is 29.3 Å². The van der Waals surface area contributed by atoms with Crippen molar-refractivity contribution < 1.29 is 9.59 Å². The Morgan fingerprint density at radius 3 is 2.16 bits per heavy atom. The number of hydrogen-bond acceptors (Lipinski definition) is 5. The molecule has 0 radical (unpaired) electrons. The number of carbonyl (C=O) groups excluding carboxylic acids is 2. The van der Waals surface area contributed by atoms with E-state index >= 15 is 0 Å². The smallest absolute Gasteiger partial charge is 0.308 e. The van der Waals surface area contributed by atoms with Gasteiger partial charge >= 0.3 is 4.87 Å². The summed E-state index contributed by atoms with van der Waals surface area (Å²) in [5.41, 5.74) is 4.22. The van der Waals surface area contributed by atoms with Crippen LogP contribution in [0.1, 0.15) is 27.5 Å². The number of imide groups is 1. The summed E-state index contributed by atoms with van der Waals surface area (Å²) in [6.45, 7) is 1.11. The summed E-state index contributed by atoms with van der Waals surface area (Å²) >= 11 is 2.55. The average molecular weight is 538 g/mol. The van der Waals surface area contributed by atoms with Crippen molar-refractivity contribution in [1.29, 1.82) is 0 Å². The molecule has 2 aliphatic rings. The molecule has 2 aliphatic heterocycles. The van der Waals surface area contributed by atoms with E-state index in [2.05, 4.69) is 40.3 Å². The fourth-order valence-corrected chi connectivity index (χ4v) is 8.44. The van der Waals surface area contributed by atoms with Gasteiger partial charge in [-0.3, -0.25) is 24.3 Å². The SMILES string of the molecule is O=C1NC(=O)[C@@H]2Sc3c(sc(=O)n3Cc3ccccc3)[C@@H](c3cn(Cc4ccccc4)c4ccccc34)[C@@H]12. The lowest BCUT2D eigenvalue weighted by Crippen LogP contribution is -2.32. The summed E-state index contributed by atoms with van der Waals surface area (Å²) in [5.74, 6) is -1.50. The Bertz CT molecular complexity index is 1750. The van der Waals surface area contributed by atoms with Gasteiger partial charge in [0.1, 0.15) is 5.25 Å². The number of nitrogens with one attached hydrogen (secondary N) is 1. The monoisotopic (exact) mass is 537 g/mol. The molecule has 0 saturated carbocycles. The Morgan fingerprint density at radius 1 is 0.763 bits per heavy atom. The third-order valence-corrected chi connectivity index (χ3v) is 10.0. The fraction of sp³-hybridized carbons (Fsp3) is 0.167. The lowest BCUT2D eigenvalue weighted by Gasteiger charge is -2.30. The van der Waals surface area contributed by atoms with E-state index in [1.807, 2.05) is 60.7 Å². The quantitative estimate of drug-likeness (QED) is 0.326. The molecule has 1 saturated heterocycles. The summed E-state index contributed by atoms with van der Waals surface area (Å²) < 4.78 is 3.97. The molecule has 3 aromatic carbocycles. The van der Waals surface area contributed by atoms with Gasteiger partial charge in [-0.1, -0.05) is 102 Å². The number of hydrogen-bond donors (Lipinski definition) is 1. The topological polar surface area (TPSA) is 73.1 Å². The summed E-state index contributed by atoms with van der Waals surface area (Å²) in [5, 5.41) is 3.82. The van der Waals surface area contributed by atoms with Crippen molar-refractivity contribution >= 4 is 45.8 Å². The highest BCUT2D eigenvalue weighted by Gasteiger charge is 2.53. The number of fused-ring (bicyclic) bond motifs is 3. The molecule has 1 N–H and O–H groups in total. The van der Waals surface area contributed by atoms with Crippen LogP contribution in [0.5, 0.6) is 0 Å². The van der Waals surface area contributed by atoms with Crippen molar-refractivity contribution in [2.75, 3.05) is 0 Å². The first-order valence-electron chi connectivity index (χ1n) is 12.5. The molecule has 4 heterocycles. The maximum atomic E-state index is 13.4. The number of amides is 2. The molecule has 38 heavy (non-hydrogen) atoms. The van der Waals surface area contributed by atoms with Crippen molar-refractivity contribution in [1.82, 2.24) is 14.5 Å². The fourth-order valence-electron chi connectivity index (χ4n) is 5.71. The van der Waals surface area contributed by atoms with E-state index in [0.717, 1.165) is 31.9 Å². The van der Waals surface area contributed by atoms with E-state index in [-0.39, 0.29) is 22.6 Å². The summed E-state index contributed by atoms with van der Waals surface area (Å²) in [7, 11) is 0. The maximum absolute atomic E-state index is 13.4. The second-order valence-corrected chi connectivity index (χ2v) is 11.8. The van der Waals surface area contributed by atoms with Gasteiger partial charge in [-0.15, -0.1) is 0 Å². The van der Waals surface area contributed by atoms with Crippen LogP contribution >= 0.6 is 23.1 Å². The molecule has 8 heteroatoms. The molecule has 7 rings (SSSR count). The van der Waals surface area contributed by atoms with E-state index in [0.29, 0.717) is 13.1 Å². The van der Waals surface area contributed by atoms with Crippen LogP contribution in [0.4, 0.5) is 0 Å². The molecule has 0 spiro atoms. The molecule has 0 aliphatic carbocycles.